The average molecular weight is 611 g/mol. The van der Waals surface area contributed by atoms with Crippen molar-refractivity contribution in [2.24, 2.45) is 0 Å². The third-order valence-corrected chi connectivity index (χ3v) is 7.61. The fourth-order valence-corrected chi connectivity index (χ4v) is 4.96. The van der Waals surface area contributed by atoms with Crippen LogP contribution in [0.2, 0.25) is 5.02 Å². The highest BCUT2D eigenvalue weighted by Gasteiger charge is 2.23. The summed E-state index contributed by atoms with van der Waals surface area (Å²) in [5, 5.41) is 4.40. The maximum atomic E-state index is 13.6. The second kappa shape index (κ2) is 12.9. The van der Waals surface area contributed by atoms with Gasteiger partial charge in [0.2, 0.25) is 0 Å². The number of amides is 1. The topological polar surface area (TPSA) is 77.5 Å². The summed E-state index contributed by atoms with van der Waals surface area (Å²) in [6, 6.07) is 26.2. The van der Waals surface area contributed by atoms with Crippen LogP contribution in [0.3, 0.4) is 0 Å². The Balaban J connectivity index is 1.30. The molecule has 5 rings (SSSR count). The van der Waals surface area contributed by atoms with Crippen molar-refractivity contribution in [3.63, 3.8) is 0 Å². The SMILES string of the molecule is COC(=O)[C@H](Cc1ccc(-c2ccc(F)c(Cl)c2)cc1)NC(=O)c1cc2cc(Oc3ccc(C(C)(C)C)cc3)ccc2cn1. The molecule has 0 aliphatic rings. The number of nitrogens with zero attached hydrogens (tertiary/aromatic N) is 1. The van der Waals surface area contributed by atoms with Crippen molar-refractivity contribution >= 4 is 34.2 Å². The van der Waals surface area contributed by atoms with E-state index in [4.69, 9.17) is 21.1 Å². The number of esters is 1. The van der Waals surface area contributed by atoms with Gasteiger partial charge in [0.15, 0.2) is 0 Å². The molecule has 0 fully saturated rings. The summed E-state index contributed by atoms with van der Waals surface area (Å²) in [5.41, 5.74) is 3.80. The van der Waals surface area contributed by atoms with Gasteiger partial charge in [0.05, 0.1) is 12.1 Å². The molecule has 1 amide bonds. The number of pyridine rings is 1. The zero-order valence-electron chi connectivity index (χ0n) is 24.9. The summed E-state index contributed by atoms with van der Waals surface area (Å²) in [7, 11) is 1.27. The maximum Gasteiger partial charge on any atom is 0.328 e. The van der Waals surface area contributed by atoms with Crippen LogP contribution < -0.4 is 10.1 Å². The molecule has 224 valence electrons. The molecule has 0 unspecified atom stereocenters. The number of aromatic nitrogens is 1. The smallest absolute Gasteiger partial charge is 0.328 e. The molecule has 0 aliphatic carbocycles. The van der Waals surface area contributed by atoms with Gasteiger partial charge in [0.25, 0.3) is 5.91 Å². The minimum Gasteiger partial charge on any atom is -0.467 e. The third-order valence-electron chi connectivity index (χ3n) is 7.32. The Kier molecular flexibility index (Phi) is 8.97. The molecule has 6 nitrogen and oxygen atoms in total. The zero-order chi connectivity index (χ0) is 31.4. The van der Waals surface area contributed by atoms with Gasteiger partial charge in [-0.25, -0.2) is 9.18 Å². The van der Waals surface area contributed by atoms with E-state index in [1.165, 1.54) is 18.7 Å². The van der Waals surface area contributed by atoms with Crippen molar-refractivity contribution in [1.82, 2.24) is 10.3 Å². The van der Waals surface area contributed by atoms with E-state index in [0.717, 1.165) is 27.5 Å². The number of carbonyl (C=O) groups is 2. The van der Waals surface area contributed by atoms with E-state index in [9.17, 15) is 14.0 Å². The molecule has 1 atom stereocenters. The number of hydrogen-bond donors (Lipinski definition) is 1. The first-order chi connectivity index (χ1) is 21.0. The quantitative estimate of drug-likeness (QED) is 0.179. The molecule has 1 aromatic heterocycles. The minimum atomic E-state index is -0.943. The summed E-state index contributed by atoms with van der Waals surface area (Å²) >= 11 is 5.93. The number of rotatable bonds is 8. The van der Waals surface area contributed by atoms with Gasteiger partial charge in [-0.2, -0.15) is 0 Å². The Labute approximate surface area is 260 Å². The first-order valence-electron chi connectivity index (χ1n) is 14.1. The molecule has 5 aromatic rings. The van der Waals surface area contributed by atoms with Crippen LogP contribution in [-0.2, 0) is 21.4 Å². The van der Waals surface area contributed by atoms with Crippen molar-refractivity contribution in [1.29, 1.82) is 0 Å². The fourth-order valence-electron chi connectivity index (χ4n) is 4.78. The lowest BCUT2D eigenvalue weighted by molar-refractivity contribution is -0.142. The first-order valence-corrected chi connectivity index (χ1v) is 14.5. The molecular formula is C36H32ClFN2O4. The number of carbonyl (C=O) groups excluding carboxylic acids is 2. The number of ether oxygens (including phenoxy) is 2. The summed E-state index contributed by atoms with van der Waals surface area (Å²) in [6.07, 6.45) is 1.81. The van der Waals surface area contributed by atoms with Gasteiger partial charge >= 0.3 is 5.97 Å². The van der Waals surface area contributed by atoms with Crippen LogP contribution in [0, 0.1) is 5.82 Å². The van der Waals surface area contributed by atoms with Gasteiger partial charge in [-0.15, -0.1) is 0 Å². The van der Waals surface area contributed by atoms with Crippen LogP contribution in [0.25, 0.3) is 21.9 Å². The van der Waals surface area contributed by atoms with Crippen LogP contribution in [0.4, 0.5) is 4.39 Å². The highest BCUT2D eigenvalue weighted by Crippen LogP contribution is 2.29. The van der Waals surface area contributed by atoms with Crippen molar-refractivity contribution < 1.29 is 23.5 Å². The summed E-state index contributed by atoms with van der Waals surface area (Å²) in [6.45, 7) is 6.48. The predicted molar refractivity (Wildman–Crippen MR) is 171 cm³/mol. The monoisotopic (exact) mass is 610 g/mol. The lowest BCUT2D eigenvalue weighted by Crippen LogP contribution is -2.43. The predicted octanol–water partition coefficient (Wildman–Crippen LogP) is 8.30. The zero-order valence-corrected chi connectivity index (χ0v) is 25.6. The number of nitrogens with one attached hydrogen (secondary N) is 1. The van der Waals surface area contributed by atoms with Crippen LogP contribution in [0.15, 0.2) is 97.2 Å². The van der Waals surface area contributed by atoms with Gasteiger partial charge in [-0.05, 0) is 81.6 Å². The van der Waals surface area contributed by atoms with E-state index >= 15 is 0 Å². The summed E-state index contributed by atoms with van der Waals surface area (Å²) in [5.74, 6) is -0.247. The third kappa shape index (κ3) is 7.24. The number of fused-ring (bicyclic) bond motifs is 1. The molecule has 4 aromatic carbocycles. The van der Waals surface area contributed by atoms with E-state index < -0.39 is 23.7 Å². The first kappa shape index (κ1) is 30.7. The lowest BCUT2D eigenvalue weighted by Gasteiger charge is -2.19. The molecule has 0 radical (unpaired) electrons. The molecule has 44 heavy (non-hydrogen) atoms. The number of hydrogen-bond acceptors (Lipinski definition) is 5. The maximum absolute atomic E-state index is 13.6. The van der Waals surface area contributed by atoms with Gasteiger partial charge in [0, 0.05) is 18.0 Å². The standard InChI is InChI=1S/C36H32ClFN2O4/c1-36(2,3)27-11-14-28(15-12-27)44-29-13-9-25-21-39-32(20-26(25)18-29)34(41)40-33(35(42)43-4)17-22-5-7-23(8-6-22)24-10-16-31(38)30(37)19-24/h5-16,18-21,33H,17H2,1-4H3,(H,40,41)/t33-/m0/s1. The molecule has 8 heteroatoms. The Hall–Kier alpha value is -4.75. The summed E-state index contributed by atoms with van der Waals surface area (Å²) in [4.78, 5) is 30.2. The van der Waals surface area contributed by atoms with Crippen LogP contribution in [0.5, 0.6) is 11.5 Å². The largest absolute Gasteiger partial charge is 0.467 e. The molecule has 0 spiro atoms. The van der Waals surface area contributed by atoms with Crippen LogP contribution in [-0.4, -0.2) is 30.0 Å². The van der Waals surface area contributed by atoms with Gasteiger partial charge in [0.1, 0.15) is 29.1 Å². The highest BCUT2D eigenvalue weighted by molar-refractivity contribution is 6.31. The van der Waals surface area contributed by atoms with Gasteiger partial charge < -0.3 is 14.8 Å². The second-order valence-electron chi connectivity index (χ2n) is 11.5. The van der Waals surface area contributed by atoms with Crippen molar-refractivity contribution in [3.8, 4) is 22.6 Å². The van der Waals surface area contributed by atoms with Crippen molar-refractivity contribution in [2.75, 3.05) is 7.11 Å². The van der Waals surface area contributed by atoms with E-state index in [1.807, 2.05) is 54.6 Å². The summed E-state index contributed by atoms with van der Waals surface area (Å²) < 4.78 is 24.6. The minimum absolute atomic E-state index is 0.0389. The molecule has 0 saturated carbocycles. The molecule has 1 N–H and O–H groups in total. The van der Waals surface area contributed by atoms with E-state index in [-0.39, 0.29) is 22.6 Å². The lowest BCUT2D eigenvalue weighted by atomic mass is 9.87. The fraction of sp³-hybridized carbons (Fsp3) is 0.194. The Morgan fingerprint density at radius 3 is 2.20 bits per heavy atom. The molecular weight excluding hydrogens is 579 g/mol. The van der Waals surface area contributed by atoms with Gasteiger partial charge in [-0.1, -0.05) is 74.8 Å². The van der Waals surface area contributed by atoms with Crippen molar-refractivity contribution in [3.05, 3.63) is 125 Å². The van der Waals surface area contributed by atoms with E-state index in [0.29, 0.717) is 11.5 Å². The molecule has 1 heterocycles. The van der Waals surface area contributed by atoms with E-state index in [1.54, 1.807) is 24.4 Å². The van der Waals surface area contributed by atoms with E-state index in [2.05, 4.69) is 43.2 Å². The van der Waals surface area contributed by atoms with Crippen LogP contribution >= 0.6 is 11.6 Å². The average Bonchev–Trinajstić information content (AvgIpc) is 3.01. The van der Waals surface area contributed by atoms with Gasteiger partial charge in [-0.3, -0.25) is 9.78 Å². The second-order valence-corrected chi connectivity index (χ2v) is 11.9. The molecule has 0 saturated heterocycles. The number of methoxy groups -OCH3 is 1. The van der Waals surface area contributed by atoms with Crippen LogP contribution in [0.1, 0.15) is 42.4 Å². The Bertz CT molecular complexity index is 1820. The highest BCUT2D eigenvalue weighted by atomic mass is 35.5. The Morgan fingerprint density at radius 2 is 1.55 bits per heavy atom. The number of halogens is 2. The number of benzene rings is 4. The van der Waals surface area contributed by atoms with Crippen molar-refractivity contribution in [2.45, 2.75) is 38.6 Å². The molecule has 0 bridgehead atoms. The molecule has 0 aliphatic heterocycles. The normalized spacial score (nSPS) is 12.0. The Morgan fingerprint density at radius 1 is 0.864 bits per heavy atom.